The van der Waals surface area contributed by atoms with Crippen molar-refractivity contribution < 1.29 is 9.53 Å². The zero-order chi connectivity index (χ0) is 14.8. The third kappa shape index (κ3) is 2.57. The number of nitrogens with two attached hydrogens (primary N) is 1. The molecular weight excluding hydrogens is 264 g/mol. The number of nitrogen functional groups attached to an aromatic ring is 1. The lowest BCUT2D eigenvalue weighted by Gasteiger charge is -2.18. The molecule has 108 valence electrons. The van der Waals surface area contributed by atoms with Crippen molar-refractivity contribution in [2.45, 2.75) is 13.3 Å². The minimum absolute atomic E-state index is 0.0341. The average molecular weight is 282 g/mol. The van der Waals surface area contributed by atoms with Crippen LogP contribution in [0.5, 0.6) is 5.75 Å². The minimum atomic E-state index is -0.0341. The molecule has 0 fully saturated rings. The van der Waals surface area contributed by atoms with Gasteiger partial charge in [0.25, 0.3) is 5.91 Å². The maximum Gasteiger partial charge on any atom is 0.258 e. The smallest absolute Gasteiger partial charge is 0.258 e. The highest BCUT2D eigenvalue weighted by Gasteiger charge is 2.25. The predicted molar refractivity (Wildman–Crippen MR) is 83.8 cm³/mol. The second kappa shape index (κ2) is 5.48. The summed E-state index contributed by atoms with van der Waals surface area (Å²) in [6.07, 6.45) is 0.891. The lowest BCUT2D eigenvalue weighted by molar-refractivity contribution is 0.0989. The summed E-state index contributed by atoms with van der Waals surface area (Å²) in [7, 11) is 0. The van der Waals surface area contributed by atoms with Gasteiger partial charge in [0.15, 0.2) is 0 Å². The Morgan fingerprint density at radius 3 is 2.90 bits per heavy atom. The highest BCUT2D eigenvalue weighted by atomic mass is 16.5. The first kappa shape index (κ1) is 13.5. The molecule has 1 aliphatic heterocycles. The van der Waals surface area contributed by atoms with Gasteiger partial charge in [0.05, 0.1) is 6.61 Å². The lowest BCUT2D eigenvalue weighted by Crippen LogP contribution is -2.28. The number of benzene rings is 2. The quantitative estimate of drug-likeness (QED) is 0.881. The SMILES string of the molecule is CCOc1cc(N)cc(C(=O)N2CCc3ccccc32)c1. The number of carbonyl (C=O) groups excluding carboxylic acids is 1. The molecule has 1 heterocycles. The van der Waals surface area contributed by atoms with E-state index in [4.69, 9.17) is 10.5 Å². The predicted octanol–water partition coefficient (Wildman–Crippen LogP) is 2.87. The minimum Gasteiger partial charge on any atom is -0.494 e. The molecule has 2 aromatic carbocycles. The fourth-order valence-corrected chi connectivity index (χ4v) is 2.70. The van der Waals surface area contributed by atoms with Gasteiger partial charge in [0.2, 0.25) is 0 Å². The third-order valence-corrected chi connectivity index (χ3v) is 3.62. The van der Waals surface area contributed by atoms with Crippen LogP contribution >= 0.6 is 0 Å². The van der Waals surface area contributed by atoms with Crippen molar-refractivity contribution in [3.8, 4) is 5.75 Å². The zero-order valence-corrected chi connectivity index (χ0v) is 12.0. The number of hydrogen-bond acceptors (Lipinski definition) is 3. The molecule has 0 atom stereocenters. The molecule has 2 aromatic rings. The summed E-state index contributed by atoms with van der Waals surface area (Å²) in [5.41, 5.74) is 9.17. The Hall–Kier alpha value is -2.49. The van der Waals surface area contributed by atoms with Gasteiger partial charge >= 0.3 is 0 Å². The van der Waals surface area contributed by atoms with Crippen LogP contribution in [0.15, 0.2) is 42.5 Å². The molecule has 0 radical (unpaired) electrons. The topological polar surface area (TPSA) is 55.6 Å². The number of amides is 1. The molecule has 0 spiro atoms. The number of hydrogen-bond donors (Lipinski definition) is 1. The van der Waals surface area contributed by atoms with E-state index in [9.17, 15) is 4.79 Å². The molecule has 4 heteroatoms. The Labute approximate surface area is 124 Å². The van der Waals surface area contributed by atoms with Gasteiger partial charge in [-0.15, -0.1) is 0 Å². The van der Waals surface area contributed by atoms with Crippen LogP contribution in [-0.2, 0) is 6.42 Å². The van der Waals surface area contributed by atoms with Gasteiger partial charge in [-0.25, -0.2) is 0 Å². The van der Waals surface area contributed by atoms with Crippen LogP contribution in [0.25, 0.3) is 0 Å². The Morgan fingerprint density at radius 1 is 1.29 bits per heavy atom. The Bertz CT molecular complexity index is 682. The molecule has 0 saturated carbocycles. The Kier molecular flexibility index (Phi) is 3.52. The summed E-state index contributed by atoms with van der Waals surface area (Å²) in [5, 5.41) is 0. The van der Waals surface area contributed by atoms with Crippen LogP contribution in [0.4, 0.5) is 11.4 Å². The molecule has 0 saturated heterocycles. The van der Waals surface area contributed by atoms with Crippen molar-refractivity contribution in [1.82, 2.24) is 0 Å². The van der Waals surface area contributed by atoms with E-state index in [1.165, 1.54) is 5.56 Å². The summed E-state index contributed by atoms with van der Waals surface area (Å²) in [6, 6.07) is 13.2. The van der Waals surface area contributed by atoms with Crippen molar-refractivity contribution >= 4 is 17.3 Å². The van der Waals surface area contributed by atoms with E-state index in [1.807, 2.05) is 25.1 Å². The number of fused-ring (bicyclic) bond motifs is 1. The summed E-state index contributed by atoms with van der Waals surface area (Å²) in [4.78, 5) is 14.5. The Morgan fingerprint density at radius 2 is 2.10 bits per heavy atom. The average Bonchev–Trinajstić information content (AvgIpc) is 2.90. The highest BCUT2D eigenvalue weighted by Crippen LogP contribution is 2.30. The van der Waals surface area contributed by atoms with Crippen molar-refractivity contribution in [1.29, 1.82) is 0 Å². The molecule has 0 bridgehead atoms. The number of anilines is 2. The van der Waals surface area contributed by atoms with E-state index in [-0.39, 0.29) is 5.91 Å². The van der Waals surface area contributed by atoms with Crippen molar-refractivity contribution in [3.05, 3.63) is 53.6 Å². The standard InChI is InChI=1S/C17H18N2O2/c1-2-21-15-10-13(9-14(18)11-15)17(20)19-8-7-12-5-3-4-6-16(12)19/h3-6,9-11H,2,7-8,18H2,1H3. The zero-order valence-electron chi connectivity index (χ0n) is 12.0. The van der Waals surface area contributed by atoms with Crippen LogP contribution in [0.1, 0.15) is 22.8 Å². The number of ether oxygens (including phenoxy) is 1. The first-order valence-electron chi connectivity index (χ1n) is 7.12. The number of nitrogens with zero attached hydrogens (tertiary/aromatic N) is 1. The van der Waals surface area contributed by atoms with Gasteiger partial charge in [-0.2, -0.15) is 0 Å². The molecular formula is C17H18N2O2. The first-order chi connectivity index (χ1) is 10.2. The van der Waals surface area contributed by atoms with Crippen LogP contribution < -0.4 is 15.4 Å². The van der Waals surface area contributed by atoms with Crippen LogP contribution in [-0.4, -0.2) is 19.1 Å². The van der Waals surface area contributed by atoms with E-state index < -0.39 is 0 Å². The number of para-hydroxylation sites is 1. The molecule has 0 aliphatic carbocycles. The summed E-state index contributed by atoms with van der Waals surface area (Å²) in [6.45, 7) is 3.15. The Balaban J connectivity index is 1.93. The van der Waals surface area contributed by atoms with E-state index >= 15 is 0 Å². The molecule has 1 amide bonds. The number of carbonyl (C=O) groups is 1. The van der Waals surface area contributed by atoms with Crippen molar-refractivity contribution in [2.24, 2.45) is 0 Å². The summed E-state index contributed by atoms with van der Waals surface area (Å²) < 4.78 is 5.46. The van der Waals surface area contributed by atoms with Gasteiger partial charge in [0.1, 0.15) is 5.75 Å². The molecule has 0 unspecified atom stereocenters. The second-order valence-electron chi connectivity index (χ2n) is 5.06. The van der Waals surface area contributed by atoms with Gasteiger partial charge < -0.3 is 15.4 Å². The molecule has 4 nitrogen and oxygen atoms in total. The molecule has 0 aromatic heterocycles. The van der Waals surface area contributed by atoms with E-state index in [0.29, 0.717) is 30.2 Å². The second-order valence-corrected chi connectivity index (χ2v) is 5.06. The maximum atomic E-state index is 12.7. The monoisotopic (exact) mass is 282 g/mol. The molecule has 1 aliphatic rings. The van der Waals surface area contributed by atoms with Crippen LogP contribution in [0.3, 0.4) is 0 Å². The molecule has 2 N–H and O–H groups in total. The lowest BCUT2D eigenvalue weighted by atomic mass is 10.1. The van der Waals surface area contributed by atoms with Gasteiger partial charge in [-0.05, 0) is 37.1 Å². The van der Waals surface area contributed by atoms with E-state index in [1.54, 1.807) is 23.1 Å². The fourth-order valence-electron chi connectivity index (χ4n) is 2.70. The third-order valence-electron chi connectivity index (χ3n) is 3.62. The van der Waals surface area contributed by atoms with Crippen LogP contribution in [0.2, 0.25) is 0 Å². The summed E-state index contributed by atoms with van der Waals surface area (Å²) in [5.74, 6) is 0.599. The normalized spacial score (nSPS) is 13.1. The largest absolute Gasteiger partial charge is 0.494 e. The molecule has 3 rings (SSSR count). The van der Waals surface area contributed by atoms with E-state index in [0.717, 1.165) is 12.1 Å². The van der Waals surface area contributed by atoms with E-state index in [2.05, 4.69) is 6.07 Å². The van der Waals surface area contributed by atoms with Gasteiger partial charge in [-0.1, -0.05) is 18.2 Å². The highest BCUT2D eigenvalue weighted by molar-refractivity contribution is 6.08. The van der Waals surface area contributed by atoms with Crippen molar-refractivity contribution in [2.75, 3.05) is 23.8 Å². The van der Waals surface area contributed by atoms with Crippen molar-refractivity contribution in [3.63, 3.8) is 0 Å². The van der Waals surface area contributed by atoms with Gasteiger partial charge in [-0.3, -0.25) is 4.79 Å². The maximum absolute atomic E-state index is 12.7. The fraction of sp³-hybridized carbons (Fsp3) is 0.235. The molecule has 21 heavy (non-hydrogen) atoms. The number of rotatable bonds is 3. The van der Waals surface area contributed by atoms with Crippen LogP contribution in [0, 0.1) is 0 Å². The van der Waals surface area contributed by atoms with Gasteiger partial charge in [0, 0.05) is 29.5 Å². The first-order valence-corrected chi connectivity index (χ1v) is 7.12. The summed E-state index contributed by atoms with van der Waals surface area (Å²) >= 11 is 0.